The molecule has 1 aromatic heterocycles. The molecule has 1 aromatic carbocycles. The molecule has 0 bridgehead atoms. The lowest BCUT2D eigenvalue weighted by Crippen LogP contribution is -2.46. The van der Waals surface area contributed by atoms with Crippen molar-refractivity contribution in [1.29, 1.82) is 0 Å². The Balaban J connectivity index is 1.71. The van der Waals surface area contributed by atoms with Crippen molar-refractivity contribution in [2.75, 3.05) is 13.1 Å². The van der Waals surface area contributed by atoms with E-state index >= 15 is 0 Å². The number of halogens is 2. The summed E-state index contributed by atoms with van der Waals surface area (Å²) in [4.78, 5) is 14.5. The van der Waals surface area contributed by atoms with E-state index in [4.69, 9.17) is 0 Å². The van der Waals surface area contributed by atoms with Crippen molar-refractivity contribution >= 4 is 6.03 Å². The fourth-order valence-corrected chi connectivity index (χ4v) is 3.45. The van der Waals surface area contributed by atoms with Crippen molar-refractivity contribution in [3.8, 4) is 0 Å². The predicted molar refractivity (Wildman–Crippen MR) is 99.3 cm³/mol. The summed E-state index contributed by atoms with van der Waals surface area (Å²) in [7, 11) is 0. The Bertz CT molecular complexity index is 848. The highest BCUT2D eigenvalue weighted by molar-refractivity contribution is 5.75. The molecule has 2 unspecified atom stereocenters. The number of hydrogen-bond acceptors (Lipinski definition) is 2. The summed E-state index contributed by atoms with van der Waals surface area (Å²) >= 11 is 0. The van der Waals surface area contributed by atoms with Gasteiger partial charge in [0.2, 0.25) is 0 Å². The van der Waals surface area contributed by atoms with Gasteiger partial charge in [-0.05, 0) is 50.5 Å². The Morgan fingerprint density at radius 1 is 1.37 bits per heavy atom. The first kappa shape index (κ1) is 19.1. The van der Waals surface area contributed by atoms with Gasteiger partial charge in [-0.3, -0.25) is 5.10 Å². The molecular formula is C20H24F2N4O. The second-order valence-corrected chi connectivity index (χ2v) is 7.16. The average molecular weight is 374 g/mol. The van der Waals surface area contributed by atoms with Crippen LogP contribution in [0.3, 0.4) is 0 Å². The van der Waals surface area contributed by atoms with E-state index < -0.39 is 17.7 Å². The quantitative estimate of drug-likeness (QED) is 0.788. The van der Waals surface area contributed by atoms with Crippen molar-refractivity contribution in [2.45, 2.75) is 38.6 Å². The van der Waals surface area contributed by atoms with Gasteiger partial charge < -0.3 is 10.2 Å². The topological polar surface area (TPSA) is 61.0 Å². The Hall–Kier alpha value is -2.70. The van der Waals surface area contributed by atoms with Crippen LogP contribution in [-0.4, -0.2) is 34.2 Å². The van der Waals surface area contributed by atoms with E-state index in [0.717, 1.165) is 36.4 Å². The number of carbonyl (C=O) groups is 1. The van der Waals surface area contributed by atoms with Crippen LogP contribution in [0.15, 0.2) is 36.4 Å². The van der Waals surface area contributed by atoms with Crippen LogP contribution < -0.4 is 5.32 Å². The first-order valence-corrected chi connectivity index (χ1v) is 9.03. The molecule has 27 heavy (non-hydrogen) atoms. The molecule has 2 heterocycles. The molecule has 0 spiro atoms. The van der Waals surface area contributed by atoms with E-state index in [9.17, 15) is 13.6 Å². The number of H-pyrrole nitrogens is 1. The Labute approximate surface area is 157 Å². The van der Waals surface area contributed by atoms with Crippen molar-refractivity contribution in [1.82, 2.24) is 20.4 Å². The summed E-state index contributed by atoms with van der Waals surface area (Å²) in [6.07, 6.45) is 1.86. The van der Waals surface area contributed by atoms with Gasteiger partial charge in [0, 0.05) is 24.7 Å². The van der Waals surface area contributed by atoms with Gasteiger partial charge in [-0.1, -0.05) is 18.2 Å². The molecule has 5 nitrogen and oxygen atoms in total. The third-order valence-corrected chi connectivity index (χ3v) is 4.89. The third kappa shape index (κ3) is 4.35. The van der Waals surface area contributed by atoms with Gasteiger partial charge in [-0.2, -0.15) is 5.10 Å². The molecule has 0 aliphatic carbocycles. The molecular weight excluding hydrogens is 350 g/mol. The maximum Gasteiger partial charge on any atom is 0.318 e. The van der Waals surface area contributed by atoms with Crippen LogP contribution >= 0.6 is 0 Å². The molecule has 2 N–H and O–H groups in total. The molecule has 1 aliphatic heterocycles. The molecule has 144 valence electrons. The van der Waals surface area contributed by atoms with E-state index in [1.54, 1.807) is 11.8 Å². The summed E-state index contributed by atoms with van der Waals surface area (Å²) in [5, 5.41) is 10.2. The minimum absolute atomic E-state index is 0.181. The highest BCUT2D eigenvalue weighted by atomic mass is 19.2. The highest BCUT2D eigenvalue weighted by Gasteiger charge is 2.28. The number of hydrogen-bond donors (Lipinski definition) is 2. The van der Waals surface area contributed by atoms with E-state index in [2.05, 4.69) is 22.1 Å². The van der Waals surface area contributed by atoms with Gasteiger partial charge in [0.1, 0.15) is 0 Å². The number of aromatic amines is 1. The van der Waals surface area contributed by atoms with Crippen LogP contribution in [0.5, 0.6) is 0 Å². The number of aromatic nitrogens is 2. The standard InChI is InChI=1S/C20H24F2N4O/c1-12(2)19(14-6-7-16(21)17(22)10-14)23-20(27)26-8-4-5-15(11-26)18-9-13(3)24-25-18/h6-7,9-10,15,19H,1,4-5,8,11H2,2-3H3,(H,23,27)(H,24,25). The molecule has 3 rings (SSSR count). The monoisotopic (exact) mass is 374 g/mol. The number of nitrogens with one attached hydrogen (secondary N) is 2. The Kier molecular flexibility index (Phi) is 5.58. The number of urea groups is 1. The van der Waals surface area contributed by atoms with E-state index in [1.165, 1.54) is 6.07 Å². The van der Waals surface area contributed by atoms with Crippen molar-refractivity contribution in [2.24, 2.45) is 0 Å². The maximum atomic E-state index is 13.6. The van der Waals surface area contributed by atoms with Crippen molar-refractivity contribution < 1.29 is 13.6 Å². The number of aryl methyl sites for hydroxylation is 1. The second-order valence-electron chi connectivity index (χ2n) is 7.16. The number of carbonyl (C=O) groups excluding carboxylic acids is 1. The zero-order valence-corrected chi connectivity index (χ0v) is 15.6. The largest absolute Gasteiger partial charge is 0.327 e. The van der Waals surface area contributed by atoms with E-state index in [-0.39, 0.29) is 11.9 Å². The van der Waals surface area contributed by atoms with Crippen LogP contribution in [-0.2, 0) is 0 Å². The minimum atomic E-state index is -0.945. The number of piperidine rings is 1. The number of amides is 2. The Morgan fingerprint density at radius 2 is 2.15 bits per heavy atom. The minimum Gasteiger partial charge on any atom is -0.327 e. The van der Waals surface area contributed by atoms with Gasteiger partial charge in [0.15, 0.2) is 11.6 Å². The summed E-state index contributed by atoms with van der Waals surface area (Å²) < 4.78 is 26.8. The summed E-state index contributed by atoms with van der Waals surface area (Å²) in [6, 6.07) is 4.79. The van der Waals surface area contributed by atoms with Crippen LogP contribution in [0.25, 0.3) is 0 Å². The lowest BCUT2D eigenvalue weighted by atomic mass is 9.95. The normalized spacial score (nSPS) is 18.2. The molecule has 2 aromatic rings. The lowest BCUT2D eigenvalue weighted by Gasteiger charge is -2.33. The fourth-order valence-electron chi connectivity index (χ4n) is 3.45. The van der Waals surface area contributed by atoms with Crippen LogP contribution in [0.1, 0.15) is 48.7 Å². The molecule has 2 amide bonds. The molecule has 1 saturated heterocycles. The van der Waals surface area contributed by atoms with E-state index in [1.807, 2.05) is 13.0 Å². The molecule has 1 fully saturated rings. The number of rotatable bonds is 4. The fraction of sp³-hybridized carbons (Fsp3) is 0.400. The molecule has 0 saturated carbocycles. The summed E-state index contributed by atoms with van der Waals surface area (Å²) in [6.45, 7) is 8.79. The van der Waals surface area contributed by atoms with Crippen molar-refractivity contribution in [3.63, 3.8) is 0 Å². The van der Waals surface area contributed by atoms with Crippen molar-refractivity contribution in [3.05, 3.63) is 65.0 Å². The Morgan fingerprint density at radius 3 is 2.78 bits per heavy atom. The van der Waals surface area contributed by atoms with E-state index in [0.29, 0.717) is 24.2 Å². The first-order valence-electron chi connectivity index (χ1n) is 9.03. The van der Waals surface area contributed by atoms with Gasteiger partial charge in [-0.15, -0.1) is 0 Å². The molecule has 1 aliphatic rings. The third-order valence-electron chi connectivity index (χ3n) is 4.89. The van der Waals surface area contributed by atoms with Crippen LogP contribution in [0.2, 0.25) is 0 Å². The van der Waals surface area contributed by atoms with Gasteiger partial charge in [0.25, 0.3) is 0 Å². The first-order chi connectivity index (χ1) is 12.8. The van der Waals surface area contributed by atoms with Gasteiger partial charge >= 0.3 is 6.03 Å². The lowest BCUT2D eigenvalue weighted by molar-refractivity contribution is 0.176. The van der Waals surface area contributed by atoms with Crippen LogP contribution in [0.4, 0.5) is 13.6 Å². The second kappa shape index (κ2) is 7.90. The maximum absolute atomic E-state index is 13.6. The predicted octanol–water partition coefficient (Wildman–Crippen LogP) is 4.20. The number of likely N-dealkylation sites (tertiary alicyclic amines) is 1. The number of benzene rings is 1. The summed E-state index contributed by atoms with van der Waals surface area (Å²) in [5.74, 6) is -1.68. The van der Waals surface area contributed by atoms with Gasteiger partial charge in [-0.25, -0.2) is 13.6 Å². The van der Waals surface area contributed by atoms with Gasteiger partial charge in [0.05, 0.1) is 11.7 Å². The zero-order valence-electron chi connectivity index (χ0n) is 15.6. The van der Waals surface area contributed by atoms with Crippen LogP contribution in [0, 0.1) is 18.6 Å². The smallest absolute Gasteiger partial charge is 0.318 e. The highest BCUT2D eigenvalue weighted by Crippen LogP contribution is 2.27. The number of nitrogens with zero attached hydrogens (tertiary/aromatic N) is 2. The SMILES string of the molecule is C=C(C)C(NC(=O)N1CCCC(c2cc(C)[nH]n2)C1)c1ccc(F)c(F)c1. The molecule has 2 atom stereocenters. The molecule has 7 heteroatoms. The molecule has 0 radical (unpaired) electrons. The average Bonchev–Trinajstić information content (AvgIpc) is 3.08. The summed E-state index contributed by atoms with van der Waals surface area (Å²) in [5.41, 5.74) is 3.06. The zero-order chi connectivity index (χ0) is 19.6.